The van der Waals surface area contributed by atoms with E-state index in [0.29, 0.717) is 33.9 Å². The van der Waals surface area contributed by atoms with Crippen molar-refractivity contribution in [2.24, 2.45) is 17.8 Å². The zero-order valence-corrected chi connectivity index (χ0v) is 13.9. The lowest BCUT2D eigenvalue weighted by Crippen LogP contribution is -2.29. The minimum absolute atomic E-state index is 0.229. The number of carbonyl (C=O) groups is 2. The summed E-state index contributed by atoms with van der Waals surface area (Å²) < 4.78 is 0.689. The number of benzene rings is 1. The Morgan fingerprint density at radius 1 is 1.38 bits per heavy atom. The van der Waals surface area contributed by atoms with Gasteiger partial charge < -0.3 is 10.4 Å². The van der Waals surface area contributed by atoms with Crippen LogP contribution in [0.2, 0.25) is 5.02 Å². The van der Waals surface area contributed by atoms with E-state index < -0.39 is 17.8 Å². The third-order valence-electron chi connectivity index (χ3n) is 4.08. The highest BCUT2D eigenvalue weighted by Gasteiger charge is 2.42. The number of rotatable bonds is 4. The number of hydrogen-bond acceptors (Lipinski definition) is 2. The van der Waals surface area contributed by atoms with Crippen LogP contribution in [0.25, 0.3) is 0 Å². The molecule has 3 atom stereocenters. The maximum atomic E-state index is 12.4. The van der Waals surface area contributed by atoms with E-state index in [9.17, 15) is 14.7 Å². The van der Waals surface area contributed by atoms with Crippen molar-refractivity contribution < 1.29 is 14.7 Å². The summed E-state index contributed by atoms with van der Waals surface area (Å²) >= 11 is 9.21. The van der Waals surface area contributed by atoms with Crippen molar-refractivity contribution in [3.8, 4) is 0 Å². The molecule has 2 rings (SSSR count). The van der Waals surface area contributed by atoms with E-state index in [1.807, 2.05) is 6.92 Å². The predicted molar refractivity (Wildman–Crippen MR) is 85.4 cm³/mol. The molecule has 0 saturated heterocycles. The smallest absolute Gasteiger partial charge is 0.307 e. The summed E-state index contributed by atoms with van der Waals surface area (Å²) in [7, 11) is 0. The van der Waals surface area contributed by atoms with Crippen molar-refractivity contribution >= 4 is 45.1 Å². The lowest BCUT2D eigenvalue weighted by atomic mass is 9.95. The summed E-state index contributed by atoms with van der Waals surface area (Å²) in [5.41, 5.74) is 0.611. The molecule has 114 valence electrons. The number of halogens is 2. The Hall–Kier alpha value is -1.07. The molecule has 6 heteroatoms. The molecule has 21 heavy (non-hydrogen) atoms. The summed E-state index contributed by atoms with van der Waals surface area (Å²) in [6.07, 6.45) is 2.11. The topological polar surface area (TPSA) is 66.4 Å². The molecule has 1 aliphatic rings. The number of hydrogen-bond donors (Lipinski definition) is 2. The van der Waals surface area contributed by atoms with Gasteiger partial charge in [-0.3, -0.25) is 9.59 Å². The van der Waals surface area contributed by atoms with E-state index in [1.54, 1.807) is 18.2 Å². The van der Waals surface area contributed by atoms with Crippen LogP contribution in [0.5, 0.6) is 0 Å². The summed E-state index contributed by atoms with van der Waals surface area (Å²) in [6.45, 7) is 2.03. The molecule has 1 aromatic rings. The van der Waals surface area contributed by atoms with Gasteiger partial charge in [-0.2, -0.15) is 0 Å². The quantitative estimate of drug-likeness (QED) is 0.831. The second-order valence-corrected chi connectivity index (χ2v) is 6.68. The third-order valence-corrected chi connectivity index (χ3v) is 5.29. The van der Waals surface area contributed by atoms with E-state index in [-0.39, 0.29) is 5.91 Å². The minimum Gasteiger partial charge on any atom is -0.481 e. The molecule has 0 spiro atoms. The zero-order chi connectivity index (χ0) is 15.6. The summed E-state index contributed by atoms with van der Waals surface area (Å²) in [4.78, 5) is 23.7. The second kappa shape index (κ2) is 6.79. The van der Waals surface area contributed by atoms with E-state index in [2.05, 4.69) is 21.2 Å². The van der Waals surface area contributed by atoms with E-state index in [0.717, 1.165) is 6.42 Å². The summed E-state index contributed by atoms with van der Waals surface area (Å²) in [5, 5.41) is 12.6. The van der Waals surface area contributed by atoms with Crippen LogP contribution in [0, 0.1) is 17.8 Å². The average Bonchev–Trinajstić information content (AvgIpc) is 2.87. The molecular formula is C15H17BrClNO3. The standard InChI is InChI=1S/C15H17BrClNO3/c1-2-8-5-10(11(6-8)15(20)21)14(19)18-9-3-4-13(17)12(16)7-9/h3-4,7-8,10-11H,2,5-6H2,1H3,(H,18,19)(H,20,21)/t8?,10-,11+/m0/s1. The highest BCUT2D eigenvalue weighted by molar-refractivity contribution is 9.10. The third kappa shape index (κ3) is 3.77. The number of anilines is 1. The van der Waals surface area contributed by atoms with Gasteiger partial charge in [-0.05, 0) is 52.9 Å². The predicted octanol–water partition coefficient (Wildman–Crippen LogP) is 4.18. The van der Waals surface area contributed by atoms with Gasteiger partial charge in [0.1, 0.15) is 0 Å². The Morgan fingerprint density at radius 2 is 2.05 bits per heavy atom. The molecule has 1 unspecified atom stereocenters. The Kier molecular flexibility index (Phi) is 5.27. The summed E-state index contributed by atoms with van der Waals surface area (Å²) in [6, 6.07) is 5.09. The number of carboxylic acid groups (broad SMARTS) is 1. The highest BCUT2D eigenvalue weighted by atomic mass is 79.9. The normalized spacial score (nSPS) is 24.8. The molecule has 1 fully saturated rings. The van der Waals surface area contributed by atoms with Crippen LogP contribution in [0.3, 0.4) is 0 Å². The van der Waals surface area contributed by atoms with Crippen LogP contribution in [0.1, 0.15) is 26.2 Å². The fourth-order valence-corrected chi connectivity index (χ4v) is 3.34. The molecule has 1 aromatic carbocycles. The molecule has 0 radical (unpaired) electrons. The van der Waals surface area contributed by atoms with Crippen LogP contribution in [0.4, 0.5) is 5.69 Å². The van der Waals surface area contributed by atoms with Crippen molar-refractivity contribution in [1.29, 1.82) is 0 Å². The fourth-order valence-electron chi connectivity index (χ4n) is 2.85. The molecular weight excluding hydrogens is 358 g/mol. The molecule has 0 aromatic heterocycles. The van der Waals surface area contributed by atoms with Crippen LogP contribution >= 0.6 is 27.5 Å². The number of carboxylic acids is 1. The van der Waals surface area contributed by atoms with Crippen molar-refractivity contribution in [2.45, 2.75) is 26.2 Å². The van der Waals surface area contributed by atoms with Gasteiger partial charge in [-0.25, -0.2) is 0 Å². The Labute approximate surface area is 137 Å². The molecule has 1 amide bonds. The Bertz CT molecular complexity index is 564. The Balaban J connectivity index is 2.11. The first-order valence-electron chi connectivity index (χ1n) is 6.91. The van der Waals surface area contributed by atoms with Crippen LogP contribution in [-0.4, -0.2) is 17.0 Å². The maximum Gasteiger partial charge on any atom is 0.307 e. The van der Waals surface area contributed by atoms with Gasteiger partial charge in [0, 0.05) is 10.2 Å². The first-order chi connectivity index (χ1) is 9.92. The van der Waals surface area contributed by atoms with Crippen molar-refractivity contribution in [1.82, 2.24) is 0 Å². The van der Waals surface area contributed by atoms with E-state index >= 15 is 0 Å². The van der Waals surface area contributed by atoms with Crippen molar-refractivity contribution in [3.63, 3.8) is 0 Å². The van der Waals surface area contributed by atoms with Gasteiger partial charge in [-0.1, -0.05) is 24.9 Å². The second-order valence-electron chi connectivity index (χ2n) is 5.42. The summed E-state index contributed by atoms with van der Waals surface area (Å²) in [5.74, 6) is -1.87. The van der Waals surface area contributed by atoms with Gasteiger partial charge in [0.25, 0.3) is 0 Å². The van der Waals surface area contributed by atoms with E-state index in [1.165, 1.54) is 0 Å². The molecule has 0 bridgehead atoms. The van der Waals surface area contributed by atoms with Gasteiger partial charge >= 0.3 is 5.97 Å². The number of aliphatic carboxylic acids is 1. The number of nitrogens with one attached hydrogen (secondary N) is 1. The molecule has 2 N–H and O–H groups in total. The van der Waals surface area contributed by atoms with E-state index in [4.69, 9.17) is 11.6 Å². The highest BCUT2D eigenvalue weighted by Crippen LogP contribution is 2.39. The lowest BCUT2D eigenvalue weighted by Gasteiger charge is -2.15. The fraction of sp³-hybridized carbons (Fsp3) is 0.467. The van der Waals surface area contributed by atoms with Gasteiger partial charge in [-0.15, -0.1) is 0 Å². The lowest BCUT2D eigenvalue weighted by molar-refractivity contribution is -0.145. The molecule has 1 saturated carbocycles. The van der Waals surface area contributed by atoms with Gasteiger partial charge in [0.15, 0.2) is 0 Å². The van der Waals surface area contributed by atoms with Crippen LogP contribution in [0.15, 0.2) is 22.7 Å². The molecule has 0 heterocycles. The number of amides is 1. The van der Waals surface area contributed by atoms with Crippen molar-refractivity contribution in [3.05, 3.63) is 27.7 Å². The minimum atomic E-state index is -0.886. The number of carbonyl (C=O) groups excluding carboxylic acids is 1. The molecule has 1 aliphatic carbocycles. The maximum absolute atomic E-state index is 12.4. The van der Waals surface area contributed by atoms with Crippen molar-refractivity contribution in [2.75, 3.05) is 5.32 Å². The molecule has 0 aliphatic heterocycles. The van der Waals surface area contributed by atoms with Crippen LogP contribution in [-0.2, 0) is 9.59 Å². The first kappa shape index (κ1) is 16.3. The Morgan fingerprint density at radius 3 is 2.62 bits per heavy atom. The average molecular weight is 375 g/mol. The van der Waals surface area contributed by atoms with Gasteiger partial charge in [0.05, 0.1) is 16.9 Å². The zero-order valence-electron chi connectivity index (χ0n) is 11.6. The van der Waals surface area contributed by atoms with Gasteiger partial charge in [0.2, 0.25) is 5.91 Å². The largest absolute Gasteiger partial charge is 0.481 e. The van der Waals surface area contributed by atoms with Crippen LogP contribution < -0.4 is 5.32 Å². The monoisotopic (exact) mass is 373 g/mol. The first-order valence-corrected chi connectivity index (χ1v) is 8.08. The molecule has 4 nitrogen and oxygen atoms in total. The SMILES string of the molecule is CCC1C[C@H](C(=O)Nc2ccc(Cl)c(Br)c2)[C@H](C(=O)O)C1.